The van der Waals surface area contributed by atoms with Crippen LogP contribution in [0.15, 0.2) is 55.2 Å². The molecule has 27 heavy (non-hydrogen) atoms. The summed E-state index contributed by atoms with van der Waals surface area (Å²) >= 11 is 0. The Morgan fingerprint density at radius 2 is 1.89 bits per heavy atom. The number of aryl methyl sites for hydroxylation is 1. The average molecular weight is 371 g/mol. The Labute approximate surface area is 152 Å². The highest BCUT2D eigenvalue weighted by Crippen LogP contribution is 2.10. The molecule has 9 nitrogen and oxygen atoms in total. The predicted molar refractivity (Wildman–Crippen MR) is 96.7 cm³/mol. The van der Waals surface area contributed by atoms with Gasteiger partial charge in [-0.15, -0.1) is 0 Å². The first-order chi connectivity index (χ1) is 13.0. The molecule has 3 N–H and O–H groups in total. The van der Waals surface area contributed by atoms with E-state index in [1.54, 1.807) is 0 Å². The van der Waals surface area contributed by atoms with Crippen molar-refractivity contribution in [3.8, 4) is 0 Å². The minimum Gasteiger partial charge on any atom is -0.445 e. The molecule has 0 fully saturated rings. The molecule has 0 radical (unpaired) electrons. The summed E-state index contributed by atoms with van der Waals surface area (Å²) in [4.78, 5) is 50.9. The van der Waals surface area contributed by atoms with Gasteiger partial charge in [0.2, 0.25) is 5.71 Å². The highest BCUT2D eigenvalue weighted by molar-refractivity contribution is 5.75. The molecule has 0 bridgehead atoms. The van der Waals surface area contributed by atoms with Crippen molar-refractivity contribution in [1.29, 1.82) is 0 Å². The van der Waals surface area contributed by atoms with Gasteiger partial charge in [-0.3, -0.25) is 14.8 Å². The number of nitrogens with one attached hydrogen (secondary N) is 3. The van der Waals surface area contributed by atoms with E-state index in [1.807, 2.05) is 30.3 Å². The van der Waals surface area contributed by atoms with Gasteiger partial charge in [0.25, 0.3) is 5.56 Å². The largest absolute Gasteiger partial charge is 0.445 e. The zero-order valence-corrected chi connectivity index (χ0v) is 14.2. The second-order valence-corrected chi connectivity index (χ2v) is 5.80. The van der Waals surface area contributed by atoms with Gasteiger partial charge in [-0.2, -0.15) is 0 Å². The van der Waals surface area contributed by atoms with Gasteiger partial charge in [0.1, 0.15) is 12.0 Å². The van der Waals surface area contributed by atoms with Crippen LogP contribution in [0.4, 0.5) is 4.79 Å². The zero-order valence-electron chi connectivity index (χ0n) is 14.2. The molecule has 0 atom stereocenters. The maximum Gasteiger partial charge on any atom is 0.407 e. The molecule has 2 heterocycles. The van der Waals surface area contributed by atoms with Crippen LogP contribution in [0, 0.1) is 0 Å². The van der Waals surface area contributed by atoms with E-state index in [4.69, 9.17) is 9.15 Å². The summed E-state index contributed by atoms with van der Waals surface area (Å²) in [6, 6.07) is 10.5. The summed E-state index contributed by atoms with van der Waals surface area (Å²) in [6.45, 7) is 0.455. The van der Waals surface area contributed by atoms with Crippen LogP contribution < -0.4 is 22.2 Å². The summed E-state index contributed by atoms with van der Waals surface area (Å²) in [6.07, 6.45) is 0.228. The van der Waals surface area contributed by atoms with Gasteiger partial charge in [0.05, 0.1) is 0 Å². The van der Waals surface area contributed by atoms with Crippen molar-refractivity contribution >= 4 is 17.2 Å². The molecule has 0 aliphatic carbocycles. The van der Waals surface area contributed by atoms with Gasteiger partial charge in [-0.25, -0.2) is 14.4 Å². The molecule has 0 aliphatic heterocycles. The van der Waals surface area contributed by atoms with Gasteiger partial charge in [-0.05, 0) is 24.0 Å². The van der Waals surface area contributed by atoms with Crippen LogP contribution >= 0.6 is 0 Å². The lowest BCUT2D eigenvalue weighted by Crippen LogP contribution is -2.26. The summed E-state index contributed by atoms with van der Waals surface area (Å²) in [5.41, 5.74) is -0.921. The van der Waals surface area contributed by atoms with Crippen molar-refractivity contribution < 1.29 is 13.9 Å². The Morgan fingerprint density at radius 3 is 2.67 bits per heavy atom. The normalized spacial score (nSPS) is 10.7. The molecular formula is C18H17N3O6. The lowest BCUT2D eigenvalue weighted by atomic mass is 10.1. The van der Waals surface area contributed by atoms with Gasteiger partial charge >= 0.3 is 17.4 Å². The number of ether oxygens (including phenoxy) is 1. The molecular weight excluding hydrogens is 354 g/mol. The van der Waals surface area contributed by atoms with E-state index < -0.39 is 23.0 Å². The summed E-state index contributed by atoms with van der Waals surface area (Å²) in [5.74, 6) is 0. The lowest BCUT2D eigenvalue weighted by molar-refractivity contribution is 0.139. The molecule has 3 rings (SSSR count). The van der Waals surface area contributed by atoms with Crippen LogP contribution in [0.25, 0.3) is 11.1 Å². The van der Waals surface area contributed by atoms with E-state index in [0.717, 1.165) is 5.56 Å². The van der Waals surface area contributed by atoms with Crippen LogP contribution in [-0.2, 0) is 17.8 Å². The van der Waals surface area contributed by atoms with E-state index in [2.05, 4.69) is 15.3 Å². The minimum atomic E-state index is -0.754. The van der Waals surface area contributed by atoms with E-state index in [-0.39, 0.29) is 24.3 Å². The van der Waals surface area contributed by atoms with Crippen LogP contribution in [0.5, 0.6) is 0 Å². The highest BCUT2D eigenvalue weighted by Gasteiger charge is 2.11. The lowest BCUT2D eigenvalue weighted by Gasteiger charge is -2.07. The maximum atomic E-state index is 12.0. The van der Waals surface area contributed by atoms with Crippen molar-refractivity contribution in [2.45, 2.75) is 19.4 Å². The number of carbonyl (C=O) groups excluding carboxylic acids is 1. The number of H-pyrrole nitrogens is 2. The number of alkyl carbamates (subject to hydrolysis) is 1. The van der Waals surface area contributed by atoms with Crippen LogP contribution in [0.2, 0.25) is 0 Å². The molecule has 2 aromatic heterocycles. The fourth-order valence-corrected chi connectivity index (χ4v) is 2.62. The molecule has 3 aromatic rings. The first-order valence-electron chi connectivity index (χ1n) is 8.27. The molecule has 0 aliphatic rings. The number of fused-ring (bicyclic) bond motifs is 1. The fraction of sp³-hybridized carbons (Fsp3) is 0.222. The number of aromatic nitrogens is 2. The number of carbonyl (C=O) groups is 1. The quantitative estimate of drug-likeness (QED) is 0.554. The number of amides is 1. The van der Waals surface area contributed by atoms with E-state index in [9.17, 15) is 19.2 Å². The summed E-state index contributed by atoms with van der Waals surface area (Å²) < 4.78 is 9.95. The van der Waals surface area contributed by atoms with Crippen molar-refractivity contribution in [2.24, 2.45) is 0 Å². The van der Waals surface area contributed by atoms with Crippen molar-refractivity contribution in [1.82, 2.24) is 15.3 Å². The first kappa shape index (κ1) is 18.2. The summed E-state index contributed by atoms with van der Waals surface area (Å²) in [7, 11) is 0. The fourth-order valence-electron chi connectivity index (χ4n) is 2.62. The Bertz CT molecular complexity index is 1110. The van der Waals surface area contributed by atoms with Crippen LogP contribution in [-0.4, -0.2) is 22.6 Å². The third-order valence-corrected chi connectivity index (χ3v) is 3.83. The Morgan fingerprint density at radius 1 is 1.11 bits per heavy atom. The second kappa shape index (κ2) is 8.17. The van der Waals surface area contributed by atoms with Gasteiger partial charge in [0, 0.05) is 12.6 Å². The Hall–Kier alpha value is -3.62. The molecule has 0 unspecified atom stereocenters. The SMILES string of the molecule is O=C(NCCCc1cc(=O)oc2[nH]c(=O)[nH]c(=O)c12)OCc1ccccc1. The average Bonchev–Trinajstić information content (AvgIpc) is 2.63. The molecule has 1 aromatic carbocycles. The third-order valence-electron chi connectivity index (χ3n) is 3.83. The smallest absolute Gasteiger partial charge is 0.407 e. The van der Waals surface area contributed by atoms with Crippen molar-refractivity contribution in [3.05, 3.63) is 78.8 Å². The number of aromatic amines is 2. The zero-order chi connectivity index (χ0) is 19.2. The Balaban J connectivity index is 1.56. The monoisotopic (exact) mass is 371 g/mol. The predicted octanol–water partition coefficient (Wildman–Crippen LogP) is 1.03. The molecule has 0 saturated heterocycles. The molecule has 0 saturated carbocycles. The van der Waals surface area contributed by atoms with Gasteiger partial charge in [-0.1, -0.05) is 30.3 Å². The maximum absolute atomic E-state index is 12.0. The number of rotatable bonds is 6. The molecule has 9 heteroatoms. The minimum absolute atomic E-state index is 0.112. The van der Waals surface area contributed by atoms with Crippen LogP contribution in [0.1, 0.15) is 17.5 Å². The van der Waals surface area contributed by atoms with Crippen molar-refractivity contribution in [3.63, 3.8) is 0 Å². The first-order valence-corrected chi connectivity index (χ1v) is 8.27. The van der Waals surface area contributed by atoms with Gasteiger partial charge in [0.15, 0.2) is 0 Å². The number of hydrogen-bond donors (Lipinski definition) is 3. The molecule has 140 valence electrons. The molecule has 0 spiro atoms. The second-order valence-electron chi connectivity index (χ2n) is 5.80. The molecule has 1 amide bonds. The van der Waals surface area contributed by atoms with E-state index in [1.165, 1.54) is 6.07 Å². The number of hydrogen-bond acceptors (Lipinski definition) is 6. The highest BCUT2D eigenvalue weighted by atomic mass is 16.5. The third kappa shape index (κ3) is 4.72. The van der Waals surface area contributed by atoms with Crippen LogP contribution in [0.3, 0.4) is 0 Å². The topological polar surface area (TPSA) is 134 Å². The van der Waals surface area contributed by atoms with Crippen molar-refractivity contribution in [2.75, 3.05) is 6.54 Å². The van der Waals surface area contributed by atoms with E-state index >= 15 is 0 Å². The standard InChI is InChI=1S/C18H17N3O6/c22-13-9-12(14-15(23)20-17(24)21-16(14)27-13)7-4-8-19-18(25)26-10-11-5-2-1-3-6-11/h1-3,5-6,9H,4,7-8,10H2,(H,19,25)(H2,20,21,23,24). The Kier molecular flexibility index (Phi) is 5.50. The summed E-state index contributed by atoms with van der Waals surface area (Å²) in [5, 5.41) is 2.71. The van der Waals surface area contributed by atoms with Gasteiger partial charge < -0.3 is 14.5 Å². The van der Waals surface area contributed by atoms with E-state index in [0.29, 0.717) is 18.4 Å². The number of benzene rings is 1.